The van der Waals surface area contributed by atoms with Gasteiger partial charge in [0, 0.05) is 35.6 Å². The molecule has 2 heterocycles. The van der Waals surface area contributed by atoms with E-state index in [0.717, 1.165) is 18.5 Å². The summed E-state index contributed by atoms with van der Waals surface area (Å²) < 4.78 is 0. The van der Waals surface area contributed by atoms with Gasteiger partial charge in [0.25, 0.3) is 0 Å². The third kappa shape index (κ3) is 4.89. The van der Waals surface area contributed by atoms with Gasteiger partial charge in [0.1, 0.15) is 0 Å². The second-order valence-corrected chi connectivity index (χ2v) is 7.75. The van der Waals surface area contributed by atoms with Gasteiger partial charge in [-0.2, -0.15) is 0 Å². The fraction of sp³-hybridized carbons (Fsp3) is 0.364. The van der Waals surface area contributed by atoms with Crippen molar-refractivity contribution in [1.29, 1.82) is 0 Å². The van der Waals surface area contributed by atoms with Crippen molar-refractivity contribution in [1.82, 2.24) is 5.32 Å². The molecule has 2 aliphatic rings. The maximum absolute atomic E-state index is 12.5. The number of rotatable bonds is 5. The molecule has 2 fully saturated rings. The number of urea groups is 1. The van der Waals surface area contributed by atoms with Crippen LogP contribution in [-0.4, -0.2) is 24.0 Å². The number of anilines is 3. The first-order valence-electron chi connectivity index (χ1n) is 9.93. The Hall–Kier alpha value is -2.86. The molecule has 3 amide bonds. The average molecular weight is 378 g/mol. The molecule has 0 radical (unpaired) electrons. The van der Waals surface area contributed by atoms with Crippen molar-refractivity contribution >= 4 is 29.0 Å². The number of carbonyl (C=O) groups excluding carboxylic acids is 2. The fourth-order valence-corrected chi connectivity index (χ4v) is 4.31. The minimum Gasteiger partial charge on any atom is -0.326 e. The first-order valence-corrected chi connectivity index (χ1v) is 9.93. The number of fused-ring (bicyclic) bond motifs is 2. The van der Waals surface area contributed by atoms with E-state index in [1.54, 1.807) is 12.1 Å². The van der Waals surface area contributed by atoms with Crippen LogP contribution in [0.1, 0.15) is 32.1 Å². The van der Waals surface area contributed by atoms with Crippen molar-refractivity contribution < 1.29 is 9.59 Å². The Bertz CT molecular complexity index is 827. The van der Waals surface area contributed by atoms with Crippen molar-refractivity contribution in [3.8, 4) is 0 Å². The van der Waals surface area contributed by atoms with Crippen LogP contribution in [0.15, 0.2) is 54.6 Å². The molecule has 6 heteroatoms. The standard InChI is InChI=1S/C22H26N4O2/c27-21(13-15-11-19-9-10-20(12-15)23-19)24-17-7-4-8-18(14-17)26-22(28)25-16-5-2-1-3-6-16/h1-8,14-15,19-20,23H,9-13H2,(H,24,27)(H2,25,26,28). The zero-order chi connectivity index (χ0) is 19.3. The molecular formula is C22H26N4O2. The topological polar surface area (TPSA) is 82.3 Å². The van der Waals surface area contributed by atoms with Crippen LogP contribution in [0.2, 0.25) is 0 Å². The van der Waals surface area contributed by atoms with E-state index in [4.69, 9.17) is 0 Å². The summed E-state index contributed by atoms with van der Waals surface area (Å²) in [6.07, 6.45) is 5.21. The quantitative estimate of drug-likeness (QED) is 0.630. The smallest absolute Gasteiger partial charge is 0.323 e. The van der Waals surface area contributed by atoms with Gasteiger partial charge in [-0.1, -0.05) is 24.3 Å². The lowest BCUT2D eigenvalue weighted by molar-refractivity contribution is -0.117. The molecule has 146 valence electrons. The highest BCUT2D eigenvalue weighted by Crippen LogP contribution is 2.32. The van der Waals surface area contributed by atoms with Gasteiger partial charge in [0.2, 0.25) is 5.91 Å². The summed E-state index contributed by atoms with van der Waals surface area (Å²) in [5.41, 5.74) is 2.05. The van der Waals surface area contributed by atoms with Crippen LogP contribution in [-0.2, 0) is 4.79 Å². The van der Waals surface area contributed by atoms with E-state index in [1.807, 2.05) is 42.5 Å². The van der Waals surface area contributed by atoms with Crippen molar-refractivity contribution in [2.24, 2.45) is 5.92 Å². The molecule has 0 aromatic heterocycles. The van der Waals surface area contributed by atoms with Gasteiger partial charge in [-0.25, -0.2) is 4.79 Å². The van der Waals surface area contributed by atoms with Gasteiger partial charge >= 0.3 is 6.03 Å². The highest BCUT2D eigenvalue weighted by atomic mass is 16.2. The SMILES string of the molecule is O=C(CC1CC2CCC(C1)N2)Nc1cccc(NC(=O)Nc2ccccc2)c1. The Morgan fingerprint density at radius 2 is 1.43 bits per heavy atom. The molecule has 2 aromatic carbocycles. The number of amides is 3. The molecule has 28 heavy (non-hydrogen) atoms. The minimum absolute atomic E-state index is 0.0391. The zero-order valence-electron chi connectivity index (χ0n) is 15.8. The molecule has 2 aromatic rings. The van der Waals surface area contributed by atoms with Crippen molar-refractivity contribution in [3.05, 3.63) is 54.6 Å². The van der Waals surface area contributed by atoms with Crippen molar-refractivity contribution in [3.63, 3.8) is 0 Å². The first kappa shape index (κ1) is 18.5. The molecule has 4 N–H and O–H groups in total. The number of benzene rings is 2. The fourth-order valence-electron chi connectivity index (χ4n) is 4.31. The van der Waals surface area contributed by atoms with E-state index >= 15 is 0 Å². The van der Waals surface area contributed by atoms with Crippen LogP contribution in [0, 0.1) is 5.92 Å². The maximum Gasteiger partial charge on any atom is 0.323 e. The summed E-state index contributed by atoms with van der Waals surface area (Å²) in [4.78, 5) is 24.6. The largest absolute Gasteiger partial charge is 0.326 e. The van der Waals surface area contributed by atoms with Crippen LogP contribution in [0.5, 0.6) is 0 Å². The van der Waals surface area contributed by atoms with Gasteiger partial charge in [-0.15, -0.1) is 0 Å². The third-order valence-corrected chi connectivity index (χ3v) is 5.48. The van der Waals surface area contributed by atoms with Gasteiger partial charge < -0.3 is 21.3 Å². The molecule has 2 saturated heterocycles. The van der Waals surface area contributed by atoms with Crippen LogP contribution in [0.25, 0.3) is 0 Å². The molecular weight excluding hydrogens is 352 g/mol. The molecule has 4 rings (SSSR count). The van der Waals surface area contributed by atoms with Gasteiger partial charge in [-0.05, 0) is 61.9 Å². The molecule has 0 aliphatic carbocycles. The summed E-state index contributed by atoms with van der Waals surface area (Å²) in [6, 6.07) is 17.3. The Labute approximate surface area is 165 Å². The lowest BCUT2D eigenvalue weighted by atomic mass is 9.89. The highest BCUT2D eigenvalue weighted by Gasteiger charge is 2.34. The molecule has 2 aliphatic heterocycles. The summed E-state index contributed by atoms with van der Waals surface area (Å²) in [7, 11) is 0. The monoisotopic (exact) mass is 378 g/mol. The third-order valence-electron chi connectivity index (χ3n) is 5.48. The lowest BCUT2D eigenvalue weighted by Gasteiger charge is -2.28. The summed E-state index contributed by atoms with van der Waals surface area (Å²) >= 11 is 0. The number of hydrogen-bond acceptors (Lipinski definition) is 3. The van der Waals surface area contributed by atoms with Crippen LogP contribution >= 0.6 is 0 Å². The molecule has 2 unspecified atom stereocenters. The predicted octanol–water partition coefficient (Wildman–Crippen LogP) is 4.19. The molecule has 0 saturated carbocycles. The van der Waals surface area contributed by atoms with Crippen LogP contribution < -0.4 is 21.3 Å². The summed E-state index contributed by atoms with van der Waals surface area (Å²) in [5, 5.41) is 12.2. The first-order chi connectivity index (χ1) is 13.6. The van der Waals surface area contributed by atoms with E-state index in [1.165, 1.54) is 12.8 Å². The van der Waals surface area contributed by atoms with E-state index < -0.39 is 0 Å². The van der Waals surface area contributed by atoms with Crippen LogP contribution in [0.4, 0.5) is 21.9 Å². The Morgan fingerprint density at radius 1 is 0.821 bits per heavy atom. The van der Waals surface area contributed by atoms with E-state index in [2.05, 4.69) is 21.3 Å². The average Bonchev–Trinajstić information content (AvgIpc) is 3.01. The van der Waals surface area contributed by atoms with E-state index in [9.17, 15) is 9.59 Å². The van der Waals surface area contributed by atoms with Crippen LogP contribution in [0.3, 0.4) is 0 Å². The highest BCUT2D eigenvalue weighted by molar-refractivity contribution is 6.00. The van der Waals surface area contributed by atoms with E-state index in [-0.39, 0.29) is 11.9 Å². The van der Waals surface area contributed by atoms with Gasteiger partial charge in [0.15, 0.2) is 0 Å². The second-order valence-electron chi connectivity index (χ2n) is 7.75. The lowest BCUT2D eigenvalue weighted by Crippen LogP contribution is -2.39. The number of carbonyl (C=O) groups is 2. The van der Waals surface area contributed by atoms with Gasteiger partial charge in [0.05, 0.1) is 0 Å². The second kappa shape index (κ2) is 8.44. The molecule has 0 spiro atoms. The minimum atomic E-state index is -0.320. The van der Waals surface area contributed by atoms with Gasteiger partial charge in [-0.3, -0.25) is 4.79 Å². The van der Waals surface area contributed by atoms with Crippen molar-refractivity contribution in [2.75, 3.05) is 16.0 Å². The number of para-hydroxylation sites is 1. The summed E-state index contributed by atoms with van der Waals surface area (Å²) in [6.45, 7) is 0. The zero-order valence-corrected chi connectivity index (χ0v) is 15.8. The molecule has 2 atom stereocenters. The summed E-state index contributed by atoms with van der Waals surface area (Å²) in [5.74, 6) is 0.494. The maximum atomic E-state index is 12.5. The Balaban J connectivity index is 1.29. The number of piperidine rings is 1. The Kier molecular flexibility index (Phi) is 5.58. The normalized spacial score (nSPS) is 23.1. The van der Waals surface area contributed by atoms with Crippen molar-refractivity contribution in [2.45, 2.75) is 44.2 Å². The Morgan fingerprint density at radius 3 is 2.14 bits per heavy atom. The van der Waals surface area contributed by atoms with E-state index in [0.29, 0.717) is 35.8 Å². The number of nitrogens with one attached hydrogen (secondary N) is 4. The predicted molar refractivity (Wildman–Crippen MR) is 111 cm³/mol. The molecule has 6 nitrogen and oxygen atoms in total. The number of hydrogen-bond donors (Lipinski definition) is 4. The molecule has 2 bridgehead atoms.